The smallest absolute Gasteiger partial charge is 0.225 e. The van der Waals surface area contributed by atoms with E-state index in [2.05, 4.69) is 38.0 Å². The van der Waals surface area contributed by atoms with Crippen molar-refractivity contribution >= 4 is 11.9 Å². The van der Waals surface area contributed by atoms with Gasteiger partial charge in [-0.2, -0.15) is 0 Å². The van der Waals surface area contributed by atoms with Gasteiger partial charge in [-0.3, -0.25) is 14.7 Å². The molecule has 1 heterocycles. The highest BCUT2D eigenvalue weighted by Crippen LogP contribution is 2.23. The van der Waals surface area contributed by atoms with E-state index in [-0.39, 0.29) is 17.4 Å². The van der Waals surface area contributed by atoms with Crippen LogP contribution in [0.4, 0.5) is 0 Å². The maximum Gasteiger partial charge on any atom is 0.225 e. The van der Waals surface area contributed by atoms with Gasteiger partial charge in [0.2, 0.25) is 5.91 Å². The van der Waals surface area contributed by atoms with E-state index in [0.717, 1.165) is 32.1 Å². The van der Waals surface area contributed by atoms with Crippen LogP contribution in [0, 0.1) is 5.41 Å². The van der Waals surface area contributed by atoms with Gasteiger partial charge in [-0.15, -0.1) is 0 Å². The summed E-state index contributed by atoms with van der Waals surface area (Å²) in [5.74, 6) is 1.60. The molecule has 0 saturated carbocycles. The molecule has 0 spiro atoms. The number of methoxy groups -OCH3 is 1. The number of hydrogen-bond donors (Lipinski definition) is 3. The normalized spacial score (nSPS) is 16.6. The lowest BCUT2D eigenvalue weighted by Crippen LogP contribution is -2.47. The molecule has 8 nitrogen and oxygen atoms in total. The van der Waals surface area contributed by atoms with Crippen LogP contribution in [0.15, 0.2) is 29.3 Å². The number of carbonyl (C=O) groups excluding carboxylic acids is 1. The number of hydrogen-bond acceptors (Lipinski definition) is 5. The Balaban J connectivity index is 1.91. The summed E-state index contributed by atoms with van der Waals surface area (Å²) < 4.78 is 10.8. The van der Waals surface area contributed by atoms with Crippen molar-refractivity contribution in [2.24, 2.45) is 10.4 Å². The third-order valence-electron chi connectivity index (χ3n) is 5.06. The van der Waals surface area contributed by atoms with E-state index in [0.29, 0.717) is 25.6 Å². The van der Waals surface area contributed by atoms with E-state index >= 15 is 0 Å². The fourth-order valence-corrected chi connectivity index (χ4v) is 3.21. The molecule has 1 saturated heterocycles. The van der Waals surface area contributed by atoms with Gasteiger partial charge in [-0.1, -0.05) is 32.9 Å². The SMILES string of the molecule is CN=C(NCCNC(=O)C(C)(C)C)NCC(c1ccc(OC)cc1)N1CCOCC1. The number of guanidine groups is 1. The molecule has 8 heteroatoms. The number of nitrogens with zero attached hydrogens (tertiary/aromatic N) is 2. The van der Waals surface area contributed by atoms with E-state index < -0.39 is 0 Å². The van der Waals surface area contributed by atoms with E-state index in [9.17, 15) is 4.79 Å². The lowest BCUT2D eigenvalue weighted by molar-refractivity contribution is -0.128. The first-order valence-corrected chi connectivity index (χ1v) is 10.5. The van der Waals surface area contributed by atoms with Crippen molar-refractivity contribution < 1.29 is 14.3 Å². The fraction of sp³-hybridized carbons (Fsp3) is 0.636. The number of carbonyl (C=O) groups is 1. The average molecular weight is 420 g/mol. The molecule has 1 aliphatic rings. The van der Waals surface area contributed by atoms with Crippen LogP contribution in [-0.4, -0.2) is 76.9 Å². The molecule has 168 valence electrons. The van der Waals surface area contributed by atoms with Gasteiger partial charge in [0, 0.05) is 45.2 Å². The summed E-state index contributed by atoms with van der Waals surface area (Å²) in [7, 11) is 3.43. The molecule has 1 aromatic carbocycles. The molecule has 1 atom stereocenters. The van der Waals surface area contributed by atoms with Crippen LogP contribution in [0.2, 0.25) is 0 Å². The van der Waals surface area contributed by atoms with Crippen molar-refractivity contribution in [3.05, 3.63) is 29.8 Å². The third-order valence-corrected chi connectivity index (χ3v) is 5.06. The van der Waals surface area contributed by atoms with Crippen LogP contribution < -0.4 is 20.7 Å². The molecule has 0 aliphatic carbocycles. The van der Waals surface area contributed by atoms with Crippen molar-refractivity contribution in [1.29, 1.82) is 0 Å². The van der Waals surface area contributed by atoms with Gasteiger partial charge in [-0.05, 0) is 17.7 Å². The van der Waals surface area contributed by atoms with Crippen LogP contribution in [0.5, 0.6) is 5.75 Å². The van der Waals surface area contributed by atoms with Gasteiger partial charge in [0.05, 0.1) is 26.4 Å². The predicted molar refractivity (Wildman–Crippen MR) is 120 cm³/mol. The summed E-state index contributed by atoms with van der Waals surface area (Å²) in [6.07, 6.45) is 0. The standard InChI is InChI=1S/C22H37N5O3/c1-22(2,3)20(28)24-10-11-25-21(23-4)26-16-19(27-12-14-30-15-13-27)17-6-8-18(29-5)9-7-17/h6-9,19H,10-16H2,1-5H3,(H,24,28)(H2,23,25,26). The zero-order valence-electron chi connectivity index (χ0n) is 19.0. The lowest BCUT2D eigenvalue weighted by atomic mass is 9.96. The molecule has 0 bridgehead atoms. The Morgan fingerprint density at radius 2 is 1.77 bits per heavy atom. The predicted octanol–water partition coefficient (Wildman–Crippen LogP) is 1.40. The molecule has 1 fully saturated rings. The molecule has 1 amide bonds. The number of benzene rings is 1. The number of ether oxygens (including phenoxy) is 2. The van der Waals surface area contributed by atoms with Crippen molar-refractivity contribution in [2.45, 2.75) is 26.8 Å². The van der Waals surface area contributed by atoms with Crippen LogP contribution in [-0.2, 0) is 9.53 Å². The quantitative estimate of drug-likeness (QED) is 0.335. The van der Waals surface area contributed by atoms with Gasteiger partial charge < -0.3 is 25.4 Å². The van der Waals surface area contributed by atoms with E-state index in [4.69, 9.17) is 9.47 Å². The number of nitrogens with one attached hydrogen (secondary N) is 3. The van der Waals surface area contributed by atoms with Crippen LogP contribution in [0.1, 0.15) is 32.4 Å². The minimum absolute atomic E-state index is 0.0409. The first kappa shape index (κ1) is 24.0. The number of rotatable bonds is 8. The van der Waals surface area contributed by atoms with Crippen LogP contribution in [0.3, 0.4) is 0 Å². The zero-order chi connectivity index (χ0) is 22.0. The Morgan fingerprint density at radius 1 is 1.13 bits per heavy atom. The summed E-state index contributed by atoms with van der Waals surface area (Å²) in [5, 5.41) is 9.63. The average Bonchev–Trinajstić information content (AvgIpc) is 2.75. The molecule has 30 heavy (non-hydrogen) atoms. The third kappa shape index (κ3) is 7.50. The second kappa shape index (κ2) is 11.8. The van der Waals surface area contributed by atoms with Crippen LogP contribution >= 0.6 is 0 Å². The van der Waals surface area contributed by atoms with Crippen molar-refractivity contribution in [2.75, 3.05) is 60.1 Å². The highest BCUT2D eigenvalue weighted by molar-refractivity contribution is 5.81. The van der Waals surface area contributed by atoms with E-state index in [1.54, 1.807) is 14.2 Å². The summed E-state index contributed by atoms with van der Waals surface area (Å²) in [6, 6.07) is 8.40. The second-order valence-electron chi connectivity index (χ2n) is 8.32. The van der Waals surface area contributed by atoms with E-state index in [1.807, 2.05) is 32.9 Å². The summed E-state index contributed by atoms with van der Waals surface area (Å²) >= 11 is 0. The highest BCUT2D eigenvalue weighted by atomic mass is 16.5. The van der Waals surface area contributed by atoms with Crippen molar-refractivity contribution in [1.82, 2.24) is 20.9 Å². The molecule has 3 N–H and O–H groups in total. The summed E-state index contributed by atoms with van der Waals surface area (Å²) in [5.41, 5.74) is 0.835. The van der Waals surface area contributed by atoms with Gasteiger partial charge in [0.1, 0.15) is 5.75 Å². The number of morpholine rings is 1. The molecular weight excluding hydrogens is 382 g/mol. The Hall–Kier alpha value is -2.32. The minimum atomic E-state index is -0.385. The van der Waals surface area contributed by atoms with Crippen molar-refractivity contribution in [3.63, 3.8) is 0 Å². The van der Waals surface area contributed by atoms with E-state index in [1.165, 1.54) is 5.56 Å². The minimum Gasteiger partial charge on any atom is -0.497 e. The Kier molecular flexibility index (Phi) is 9.39. The Labute approximate surface area is 180 Å². The first-order valence-electron chi connectivity index (χ1n) is 10.5. The van der Waals surface area contributed by atoms with Gasteiger partial charge in [0.15, 0.2) is 5.96 Å². The molecule has 2 rings (SSSR count). The van der Waals surface area contributed by atoms with Crippen molar-refractivity contribution in [3.8, 4) is 5.75 Å². The monoisotopic (exact) mass is 419 g/mol. The second-order valence-corrected chi connectivity index (χ2v) is 8.32. The maximum atomic E-state index is 12.0. The topological polar surface area (TPSA) is 87.2 Å². The van der Waals surface area contributed by atoms with Crippen LogP contribution in [0.25, 0.3) is 0 Å². The van der Waals surface area contributed by atoms with Gasteiger partial charge in [-0.25, -0.2) is 0 Å². The molecule has 1 aliphatic heterocycles. The molecular formula is C22H37N5O3. The number of aliphatic imine (C=N–C) groups is 1. The largest absolute Gasteiger partial charge is 0.497 e. The molecule has 1 aromatic rings. The molecule has 0 aromatic heterocycles. The lowest BCUT2D eigenvalue weighted by Gasteiger charge is -2.35. The Morgan fingerprint density at radius 3 is 2.33 bits per heavy atom. The maximum absolute atomic E-state index is 12.0. The Bertz CT molecular complexity index is 679. The fourth-order valence-electron chi connectivity index (χ4n) is 3.21. The molecule has 0 radical (unpaired) electrons. The van der Waals surface area contributed by atoms with Gasteiger partial charge in [0.25, 0.3) is 0 Å². The summed E-state index contributed by atoms with van der Waals surface area (Å²) in [6.45, 7) is 10.8. The molecule has 1 unspecified atom stereocenters. The summed E-state index contributed by atoms with van der Waals surface area (Å²) in [4.78, 5) is 18.7. The zero-order valence-corrected chi connectivity index (χ0v) is 19.0. The first-order chi connectivity index (χ1) is 14.3. The van der Waals surface area contributed by atoms with Gasteiger partial charge >= 0.3 is 0 Å². The number of amides is 1. The highest BCUT2D eigenvalue weighted by Gasteiger charge is 2.23.